The number of halogens is 3. The summed E-state index contributed by atoms with van der Waals surface area (Å²) in [6.45, 7) is 1.63. The van der Waals surface area contributed by atoms with Crippen LogP contribution in [0.15, 0.2) is 12.1 Å². The third-order valence-corrected chi connectivity index (χ3v) is 3.22. The highest BCUT2D eigenvalue weighted by molar-refractivity contribution is 5.94. The molecule has 0 fully saturated rings. The van der Waals surface area contributed by atoms with Gasteiger partial charge in [-0.05, 0) is 12.1 Å². The van der Waals surface area contributed by atoms with Crippen molar-refractivity contribution >= 4 is 11.9 Å². The van der Waals surface area contributed by atoms with Gasteiger partial charge in [-0.3, -0.25) is 9.59 Å². The summed E-state index contributed by atoms with van der Waals surface area (Å²) in [7, 11) is 2.61. The quantitative estimate of drug-likeness (QED) is 0.566. The Kier molecular flexibility index (Phi) is 7.02. The minimum absolute atomic E-state index is 0.0507. The van der Waals surface area contributed by atoms with Gasteiger partial charge in [0.15, 0.2) is 17.5 Å². The molecule has 0 aromatic heterocycles. The highest BCUT2D eigenvalue weighted by atomic mass is 19.2. The third-order valence-electron chi connectivity index (χ3n) is 3.22. The van der Waals surface area contributed by atoms with E-state index in [1.165, 1.54) is 21.1 Å². The van der Waals surface area contributed by atoms with E-state index in [1.807, 2.05) is 0 Å². The molecule has 0 aliphatic rings. The van der Waals surface area contributed by atoms with E-state index in [4.69, 9.17) is 4.74 Å². The van der Waals surface area contributed by atoms with E-state index in [1.54, 1.807) is 0 Å². The summed E-state index contributed by atoms with van der Waals surface area (Å²) < 4.78 is 49.5. The van der Waals surface area contributed by atoms with Gasteiger partial charge in [-0.15, -0.1) is 0 Å². The molecule has 0 heterocycles. The lowest BCUT2D eigenvalue weighted by Crippen LogP contribution is -2.39. The van der Waals surface area contributed by atoms with Crippen molar-refractivity contribution in [3.8, 4) is 0 Å². The number of carbonyl (C=O) groups excluding carboxylic acids is 2. The van der Waals surface area contributed by atoms with Gasteiger partial charge in [0, 0.05) is 20.2 Å². The first-order valence-electron chi connectivity index (χ1n) is 6.83. The Labute approximate surface area is 132 Å². The summed E-state index contributed by atoms with van der Waals surface area (Å²) in [6.07, 6.45) is 0. The molecule has 5 nitrogen and oxygen atoms in total. The second-order valence-electron chi connectivity index (χ2n) is 4.89. The van der Waals surface area contributed by atoms with Crippen LogP contribution in [0, 0.1) is 23.4 Å². The Morgan fingerprint density at radius 2 is 1.83 bits per heavy atom. The molecule has 1 aromatic carbocycles. The average Bonchev–Trinajstić information content (AvgIpc) is 2.54. The fraction of sp³-hybridized carbons (Fsp3) is 0.467. The van der Waals surface area contributed by atoms with Crippen molar-refractivity contribution in [1.82, 2.24) is 4.90 Å². The van der Waals surface area contributed by atoms with E-state index in [0.29, 0.717) is 6.07 Å². The van der Waals surface area contributed by atoms with E-state index in [0.717, 1.165) is 11.0 Å². The van der Waals surface area contributed by atoms with Gasteiger partial charge in [-0.25, -0.2) is 13.2 Å². The molecule has 0 radical (unpaired) electrons. The largest absolute Gasteiger partial charge is 0.469 e. The summed E-state index contributed by atoms with van der Waals surface area (Å²) in [4.78, 5) is 25.0. The highest BCUT2D eigenvalue weighted by Gasteiger charge is 2.26. The number of hydrogen-bond acceptors (Lipinski definition) is 4. The summed E-state index contributed by atoms with van der Waals surface area (Å²) in [5, 5.41) is 0. The van der Waals surface area contributed by atoms with E-state index >= 15 is 0 Å². The Hall–Kier alpha value is -2.09. The van der Waals surface area contributed by atoms with Crippen LogP contribution in [-0.2, 0) is 14.3 Å². The molecule has 0 bridgehead atoms. The number of amides is 1. The van der Waals surface area contributed by atoms with Crippen molar-refractivity contribution in [3.63, 3.8) is 0 Å². The zero-order chi connectivity index (χ0) is 17.6. The molecule has 23 heavy (non-hydrogen) atoms. The Morgan fingerprint density at radius 3 is 2.39 bits per heavy atom. The van der Waals surface area contributed by atoms with Gasteiger partial charge in [0.1, 0.15) is 0 Å². The molecule has 1 amide bonds. The van der Waals surface area contributed by atoms with Gasteiger partial charge < -0.3 is 14.4 Å². The fourth-order valence-corrected chi connectivity index (χ4v) is 1.94. The first-order chi connectivity index (χ1) is 10.8. The lowest BCUT2D eigenvalue weighted by Gasteiger charge is -2.25. The van der Waals surface area contributed by atoms with Gasteiger partial charge in [-0.1, -0.05) is 6.92 Å². The van der Waals surface area contributed by atoms with Crippen molar-refractivity contribution in [1.29, 1.82) is 0 Å². The maximum absolute atomic E-state index is 13.8. The second kappa shape index (κ2) is 8.52. The fourth-order valence-electron chi connectivity index (χ4n) is 1.94. The number of methoxy groups -OCH3 is 2. The van der Waals surface area contributed by atoms with Crippen LogP contribution in [0.25, 0.3) is 0 Å². The number of hydrogen-bond donors (Lipinski definition) is 0. The van der Waals surface area contributed by atoms with Gasteiger partial charge in [0.25, 0.3) is 5.91 Å². The lowest BCUT2D eigenvalue weighted by atomic mass is 10.1. The van der Waals surface area contributed by atoms with Crippen molar-refractivity contribution in [2.45, 2.75) is 6.92 Å². The smallest absolute Gasteiger partial charge is 0.310 e. The van der Waals surface area contributed by atoms with Crippen LogP contribution < -0.4 is 0 Å². The van der Waals surface area contributed by atoms with Crippen LogP contribution in [0.1, 0.15) is 17.3 Å². The van der Waals surface area contributed by atoms with Crippen LogP contribution in [-0.4, -0.2) is 50.7 Å². The number of rotatable bonds is 7. The second-order valence-corrected chi connectivity index (χ2v) is 4.89. The minimum Gasteiger partial charge on any atom is -0.469 e. The minimum atomic E-state index is -1.72. The van der Waals surface area contributed by atoms with Crippen molar-refractivity contribution < 1.29 is 32.2 Å². The maximum Gasteiger partial charge on any atom is 0.310 e. The molecule has 0 aliphatic heterocycles. The van der Waals surface area contributed by atoms with Crippen molar-refractivity contribution in [2.24, 2.45) is 5.92 Å². The molecule has 0 saturated heterocycles. The van der Waals surface area contributed by atoms with E-state index in [-0.39, 0.29) is 19.7 Å². The van der Waals surface area contributed by atoms with E-state index < -0.39 is 40.8 Å². The van der Waals surface area contributed by atoms with Gasteiger partial charge in [0.05, 0.1) is 25.2 Å². The molecule has 128 valence electrons. The first-order valence-corrected chi connectivity index (χ1v) is 6.83. The average molecular weight is 333 g/mol. The van der Waals surface area contributed by atoms with Crippen molar-refractivity contribution in [2.75, 3.05) is 33.9 Å². The van der Waals surface area contributed by atoms with E-state index in [2.05, 4.69) is 4.74 Å². The number of nitrogens with zero attached hydrogens (tertiary/aromatic N) is 1. The van der Waals surface area contributed by atoms with Crippen LogP contribution in [0.4, 0.5) is 13.2 Å². The Morgan fingerprint density at radius 1 is 1.17 bits per heavy atom. The maximum atomic E-state index is 13.8. The van der Waals surface area contributed by atoms with Crippen LogP contribution >= 0.6 is 0 Å². The highest BCUT2D eigenvalue weighted by Crippen LogP contribution is 2.18. The first kappa shape index (κ1) is 19.0. The number of carbonyl (C=O) groups is 2. The molecule has 0 aliphatic carbocycles. The molecule has 1 rings (SSSR count). The number of ether oxygens (including phenoxy) is 2. The predicted molar refractivity (Wildman–Crippen MR) is 75.3 cm³/mol. The monoisotopic (exact) mass is 333 g/mol. The summed E-state index contributed by atoms with van der Waals surface area (Å²) in [5.41, 5.74) is -0.614. The van der Waals surface area contributed by atoms with Gasteiger partial charge in [-0.2, -0.15) is 0 Å². The van der Waals surface area contributed by atoms with Gasteiger partial charge in [0.2, 0.25) is 0 Å². The van der Waals surface area contributed by atoms with E-state index in [9.17, 15) is 22.8 Å². The summed E-state index contributed by atoms with van der Waals surface area (Å²) in [5.74, 6) is -6.76. The molecule has 1 atom stereocenters. The molecule has 8 heteroatoms. The summed E-state index contributed by atoms with van der Waals surface area (Å²) in [6, 6.07) is 1.53. The zero-order valence-electron chi connectivity index (χ0n) is 13.1. The molecule has 1 aromatic rings. The SMILES string of the molecule is COCCN(CC(C)C(=O)OC)C(=O)c1ccc(F)c(F)c1F. The van der Waals surface area contributed by atoms with Crippen LogP contribution in [0.2, 0.25) is 0 Å². The molecule has 1 unspecified atom stereocenters. The molecule has 0 N–H and O–H groups in total. The zero-order valence-corrected chi connectivity index (χ0v) is 13.1. The van der Waals surface area contributed by atoms with Crippen LogP contribution in [0.5, 0.6) is 0 Å². The number of benzene rings is 1. The Balaban J connectivity index is 3.04. The third kappa shape index (κ3) is 4.69. The summed E-state index contributed by atoms with van der Waals surface area (Å²) >= 11 is 0. The van der Waals surface area contributed by atoms with Crippen molar-refractivity contribution in [3.05, 3.63) is 35.1 Å². The molecular formula is C15H18F3NO4. The number of esters is 1. The lowest BCUT2D eigenvalue weighted by molar-refractivity contribution is -0.145. The molecule has 0 saturated carbocycles. The van der Waals surface area contributed by atoms with Gasteiger partial charge >= 0.3 is 5.97 Å². The standard InChI is InChI=1S/C15H18F3NO4/c1-9(15(21)23-3)8-19(6-7-22-2)14(20)10-4-5-11(16)13(18)12(10)17/h4-5,9H,6-8H2,1-3H3. The topological polar surface area (TPSA) is 55.8 Å². The molecular weight excluding hydrogens is 315 g/mol. The predicted octanol–water partition coefficient (Wildman–Crippen LogP) is 2.00. The Bertz CT molecular complexity index is 580. The van der Waals surface area contributed by atoms with Crippen LogP contribution in [0.3, 0.4) is 0 Å². The molecule has 0 spiro atoms. The normalized spacial score (nSPS) is 11.9.